The van der Waals surface area contributed by atoms with Crippen LogP contribution in [0.25, 0.3) is 0 Å². The molecule has 0 unspecified atom stereocenters. The van der Waals surface area contributed by atoms with E-state index in [1.807, 2.05) is 11.4 Å². The van der Waals surface area contributed by atoms with Gasteiger partial charge >= 0.3 is 0 Å². The Hall–Kier alpha value is -1.27. The van der Waals surface area contributed by atoms with E-state index in [4.69, 9.17) is 0 Å². The number of nitrogens with zero attached hydrogens (tertiary/aromatic N) is 2. The number of amides is 1. The number of anilines is 1. The zero-order chi connectivity index (χ0) is 14.4. The third-order valence-corrected chi connectivity index (χ3v) is 5.02. The average molecular weight is 309 g/mol. The van der Waals surface area contributed by atoms with Crippen LogP contribution in [0.2, 0.25) is 0 Å². The van der Waals surface area contributed by atoms with Crippen molar-refractivity contribution in [3.63, 3.8) is 0 Å². The summed E-state index contributed by atoms with van der Waals surface area (Å²) < 4.78 is 0. The minimum Gasteiger partial charge on any atom is -0.296 e. The van der Waals surface area contributed by atoms with E-state index in [2.05, 4.69) is 29.4 Å². The van der Waals surface area contributed by atoms with Gasteiger partial charge in [0.1, 0.15) is 5.01 Å². The van der Waals surface area contributed by atoms with Gasteiger partial charge in [0.2, 0.25) is 5.13 Å². The lowest BCUT2D eigenvalue weighted by Gasteiger charge is -2.09. The highest BCUT2D eigenvalue weighted by Gasteiger charge is 2.16. The van der Waals surface area contributed by atoms with Crippen molar-refractivity contribution in [1.29, 1.82) is 0 Å². The summed E-state index contributed by atoms with van der Waals surface area (Å²) in [6.07, 6.45) is 4.60. The third-order valence-electron chi connectivity index (χ3n) is 3.15. The second-order valence-corrected chi connectivity index (χ2v) is 6.58. The number of unbranched alkanes of at least 4 members (excludes halogenated alkanes) is 1. The quantitative estimate of drug-likeness (QED) is 0.817. The molecule has 2 aromatic heterocycles. The van der Waals surface area contributed by atoms with Crippen LogP contribution in [-0.4, -0.2) is 16.1 Å². The number of hydrogen-bond acceptors (Lipinski definition) is 5. The summed E-state index contributed by atoms with van der Waals surface area (Å²) in [5.41, 5.74) is 0. The molecular formula is C14H19N3OS2. The maximum atomic E-state index is 11.9. The van der Waals surface area contributed by atoms with Crippen LogP contribution < -0.4 is 5.32 Å². The highest BCUT2D eigenvalue weighted by atomic mass is 32.1. The first-order chi connectivity index (χ1) is 9.74. The minimum absolute atomic E-state index is 0.107. The van der Waals surface area contributed by atoms with Gasteiger partial charge in [-0.2, -0.15) is 0 Å². The van der Waals surface area contributed by atoms with Crippen LogP contribution in [-0.2, 0) is 0 Å². The molecule has 0 aliphatic heterocycles. The lowest BCUT2D eigenvalue weighted by atomic mass is 10.0. The summed E-state index contributed by atoms with van der Waals surface area (Å²) in [4.78, 5) is 12.6. The van der Waals surface area contributed by atoms with Gasteiger partial charge in [0, 0.05) is 5.92 Å². The Kier molecular flexibility index (Phi) is 5.67. The number of hydrogen-bond donors (Lipinski definition) is 1. The number of aromatic nitrogens is 2. The molecule has 4 nitrogen and oxygen atoms in total. The van der Waals surface area contributed by atoms with Crippen LogP contribution >= 0.6 is 22.7 Å². The van der Waals surface area contributed by atoms with E-state index in [1.54, 1.807) is 6.07 Å². The van der Waals surface area contributed by atoms with Gasteiger partial charge < -0.3 is 0 Å². The Labute approximate surface area is 127 Å². The molecule has 2 aromatic rings. The molecular weight excluding hydrogens is 290 g/mol. The largest absolute Gasteiger partial charge is 0.296 e. The van der Waals surface area contributed by atoms with Crippen molar-refractivity contribution in [2.24, 2.45) is 0 Å². The average Bonchev–Trinajstić information content (AvgIpc) is 3.11. The summed E-state index contributed by atoms with van der Waals surface area (Å²) in [5.74, 6) is 0.351. The predicted octanol–water partition coefficient (Wildman–Crippen LogP) is 4.54. The van der Waals surface area contributed by atoms with Gasteiger partial charge in [0.05, 0.1) is 4.88 Å². The van der Waals surface area contributed by atoms with E-state index in [-0.39, 0.29) is 5.91 Å². The number of carbonyl (C=O) groups excluding carboxylic acids is 1. The Bertz CT molecular complexity index is 536. The number of carbonyl (C=O) groups is 1. The second kappa shape index (κ2) is 7.50. The smallest absolute Gasteiger partial charge is 0.267 e. The van der Waals surface area contributed by atoms with Crippen molar-refractivity contribution in [3.05, 3.63) is 27.4 Å². The van der Waals surface area contributed by atoms with Crippen molar-refractivity contribution in [2.45, 2.75) is 45.4 Å². The first-order valence-corrected chi connectivity index (χ1v) is 8.62. The van der Waals surface area contributed by atoms with Gasteiger partial charge in [-0.3, -0.25) is 10.1 Å². The number of thiophene rings is 1. The lowest BCUT2D eigenvalue weighted by molar-refractivity contribution is 0.103. The molecule has 0 saturated carbocycles. The first-order valence-electron chi connectivity index (χ1n) is 6.92. The van der Waals surface area contributed by atoms with E-state index in [0.717, 1.165) is 17.8 Å². The summed E-state index contributed by atoms with van der Waals surface area (Å²) >= 11 is 2.92. The molecule has 0 fully saturated rings. The Balaban J connectivity index is 1.99. The molecule has 0 aliphatic carbocycles. The van der Waals surface area contributed by atoms with Crippen LogP contribution in [0.4, 0.5) is 5.13 Å². The van der Waals surface area contributed by atoms with E-state index in [0.29, 0.717) is 15.9 Å². The summed E-state index contributed by atoms with van der Waals surface area (Å²) in [6.45, 7) is 4.37. The standard InChI is InChI=1S/C14H19N3OS2/c1-3-5-7-10(4-2)13-16-17-14(20-13)15-12(18)11-8-6-9-19-11/h6,8-10H,3-5,7H2,1-2H3,(H,15,17,18)/t10-/m0/s1. The van der Waals surface area contributed by atoms with Crippen molar-refractivity contribution < 1.29 is 4.79 Å². The Morgan fingerprint density at radius 2 is 2.25 bits per heavy atom. The van der Waals surface area contributed by atoms with Gasteiger partial charge in [-0.15, -0.1) is 21.5 Å². The maximum absolute atomic E-state index is 11.9. The van der Waals surface area contributed by atoms with E-state index >= 15 is 0 Å². The molecule has 2 rings (SSSR count). The Morgan fingerprint density at radius 1 is 1.40 bits per heavy atom. The summed E-state index contributed by atoms with van der Waals surface area (Å²) in [6, 6.07) is 3.67. The maximum Gasteiger partial charge on any atom is 0.267 e. The molecule has 1 atom stereocenters. The molecule has 2 heterocycles. The monoisotopic (exact) mass is 309 g/mol. The van der Waals surface area contributed by atoms with E-state index < -0.39 is 0 Å². The fourth-order valence-corrected chi connectivity index (χ4v) is 3.54. The van der Waals surface area contributed by atoms with Gasteiger partial charge in [-0.1, -0.05) is 44.1 Å². The molecule has 108 valence electrons. The molecule has 0 aromatic carbocycles. The first kappa shape index (κ1) is 15.1. The molecule has 0 radical (unpaired) electrons. The Morgan fingerprint density at radius 3 is 2.90 bits per heavy atom. The second-order valence-electron chi connectivity index (χ2n) is 4.62. The minimum atomic E-state index is -0.107. The van der Waals surface area contributed by atoms with Crippen molar-refractivity contribution in [3.8, 4) is 0 Å². The van der Waals surface area contributed by atoms with Gasteiger partial charge in [0.15, 0.2) is 0 Å². The molecule has 0 saturated heterocycles. The van der Waals surface area contributed by atoms with Gasteiger partial charge in [-0.05, 0) is 24.3 Å². The molecule has 6 heteroatoms. The summed E-state index contributed by atoms with van der Waals surface area (Å²) in [7, 11) is 0. The van der Waals surface area contributed by atoms with E-state index in [9.17, 15) is 4.79 Å². The van der Waals surface area contributed by atoms with Gasteiger partial charge in [-0.25, -0.2) is 0 Å². The molecule has 20 heavy (non-hydrogen) atoms. The molecule has 0 spiro atoms. The van der Waals surface area contributed by atoms with Crippen LogP contribution in [0.3, 0.4) is 0 Å². The van der Waals surface area contributed by atoms with Crippen molar-refractivity contribution in [1.82, 2.24) is 10.2 Å². The predicted molar refractivity (Wildman–Crippen MR) is 84.7 cm³/mol. The van der Waals surface area contributed by atoms with E-state index in [1.165, 1.54) is 35.5 Å². The third kappa shape index (κ3) is 3.86. The normalized spacial score (nSPS) is 12.3. The van der Waals surface area contributed by atoms with Crippen molar-refractivity contribution in [2.75, 3.05) is 5.32 Å². The van der Waals surface area contributed by atoms with Crippen LogP contribution in [0, 0.1) is 0 Å². The lowest BCUT2D eigenvalue weighted by Crippen LogP contribution is -2.09. The molecule has 1 N–H and O–H groups in total. The number of nitrogens with one attached hydrogen (secondary N) is 1. The van der Waals surface area contributed by atoms with Crippen LogP contribution in [0.15, 0.2) is 17.5 Å². The fourth-order valence-electron chi connectivity index (χ4n) is 1.97. The summed E-state index contributed by atoms with van der Waals surface area (Å²) in [5, 5.41) is 14.6. The van der Waals surface area contributed by atoms with Crippen molar-refractivity contribution >= 4 is 33.7 Å². The zero-order valence-electron chi connectivity index (χ0n) is 11.8. The van der Waals surface area contributed by atoms with Crippen LogP contribution in [0.5, 0.6) is 0 Å². The fraction of sp³-hybridized carbons (Fsp3) is 0.500. The highest BCUT2D eigenvalue weighted by Crippen LogP contribution is 2.30. The molecule has 0 bridgehead atoms. The molecule has 0 aliphatic rings. The highest BCUT2D eigenvalue weighted by molar-refractivity contribution is 7.15. The zero-order valence-corrected chi connectivity index (χ0v) is 13.4. The topological polar surface area (TPSA) is 54.9 Å². The van der Waals surface area contributed by atoms with Gasteiger partial charge in [0.25, 0.3) is 5.91 Å². The SMILES string of the molecule is CCCC[C@H](CC)c1nnc(NC(=O)c2cccs2)s1. The molecule has 1 amide bonds. The number of rotatable bonds is 7. The van der Waals surface area contributed by atoms with Crippen LogP contribution in [0.1, 0.15) is 60.1 Å².